The fourth-order valence-electron chi connectivity index (χ4n) is 1.45. The minimum atomic E-state index is -0.448. The molecule has 0 radical (unpaired) electrons. The third-order valence-corrected chi connectivity index (χ3v) is 3.29. The number of hydrogen-bond acceptors (Lipinski definition) is 3. The maximum atomic E-state index is 11.3. The van der Waals surface area contributed by atoms with Crippen LogP contribution in [0.15, 0.2) is 16.8 Å². The topological polar surface area (TPSA) is 49.3 Å². The highest BCUT2D eigenvalue weighted by Gasteiger charge is 2.29. The predicted molar refractivity (Wildman–Crippen MR) is 59.6 cm³/mol. The largest absolute Gasteiger partial charge is 0.388 e. The Morgan fingerprint density at radius 3 is 3.07 bits per heavy atom. The molecule has 0 unspecified atom stereocenters. The fourth-order valence-corrected chi connectivity index (χ4v) is 2.16. The van der Waals surface area contributed by atoms with Gasteiger partial charge in [-0.05, 0) is 41.7 Å². The normalized spacial score (nSPS) is 17.4. The number of aliphatic hydroxyl groups is 1. The highest BCUT2D eigenvalue weighted by molar-refractivity contribution is 7.07. The van der Waals surface area contributed by atoms with Crippen LogP contribution in [-0.4, -0.2) is 17.6 Å². The number of carbonyl (C=O) groups excluding carboxylic acids is 1. The van der Waals surface area contributed by atoms with Crippen molar-refractivity contribution in [2.75, 3.05) is 6.54 Å². The van der Waals surface area contributed by atoms with Crippen LogP contribution in [0.2, 0.25) is 0 Å². The molecule has 0 saturated heterocycles. The van der Waals surface area contributed by atoms with Crippen LogP contribution in [0.5, 0.6) is 0 Å². The van der Waals surface area contributed by atoms with Gasteiger partial charge in [-0.25, -0.2) is 0 Å². The highest BCUT2D eigenvalue weighted by Crippen LogP contribution is 2.28. The lowest BCUT2D eigenvalue weighted by Gasteiger charge is -2.09. The Morgan fingerprint density at radius 1 is 1.67 bits per heavy atom. The molecule has 1 aromatic heterocycles. The molecule has 1 aromatic rings. The van der Waals surface area contributed by atoms with Crippen molar-refractivity contribution in [2.24, 2.45) is 5.92 Å². The Hall–Kier alpha value is -0.870. The molecule has 4 heteroatoms. The second kappa shape index (κ2) is 4.77. The average Bonchev–Trinajstić information content (AvgIpc) is 2.93. The number of thiophene rings is 1. The lowest BCUT2D eigenvalue weighted by molar-refractivity contribution is -0.122. The van der Waals surface area contributed by atoms with Crippen molar-refractivity contribution in [1.82, 2.24) is 5.32 Å². The zero-order chi connectivity index (χ0) is 10.7. The van der Waals surface area contributed by atoms with E-state index >= 15 is 0 Å². The Morgan fingerprint density at radius 2 is 2.47 bits per heavy atom. The molecule has 3 nitrogen and oxygen atoms in total. The summed E-state index contributed by atoms with van der Waals surface area (Å²) in [6, 6.07) is 1.91. The number of nitrogens with one attached hydrogen (secondary N) is 1. The molecule has 0 aromatic carbocycles. The minimum absolute atomic E-state index is 0.146. The quantitative estimate of drug-likeness (QED) is 0.801. The van der Waals surface area contributed by atoms with E-state index in [0.717, 1.165) is 18.4 Å². The Labute approximate surface area is 93.1 Å². The summed E-state index contributed by atoms with van der Waals surface area (Å²) in [5.74, 6) is 0.399. The fraction of sp³-hybridized carbons (Fsp3) is 0.545. The molecule has 1 atom stereocenters. The van der Waals surface area contributed by atoms with Crippen LogP contribution < -0.4 is 5.32 Å². The van der Waals surface area contributed by atoms with Gasteiger partial charge in [-0.15, -0.1) is 0 Å². The van der Waals surface area contributed by atoms with Crippen molar-refractivity contribution in [3.8, 4) is 0 Å². The second-order valence-corrected chi connectivity index (χ2v) is 4.71. The lowest BCUT2D eigenvalue weighted by atomic mass is 10.1. The first-order valence-corrected chi connectivity index (χ1v) is 6.19. The Kier molecular flexibility index (Phi) is 3.38. The number of carbonyl (C=O) groups is 1. The van der Waals surface area contributed by atoms with Crippen LogP contribution in [0.1, 0.15) is 30.9 Å². The molecular formula is C11H15NO2S. The van der Waals surface area contributed by atoms with E-state index in [1.54, 1.807) is 11.3 Å². The zero-order valence-electron chi connectivity index (χ0n) is 8.48. The molecule has 0 spiro atoms. The van der Waals surface area contributed by atoms with Crippen LogP contribution >= 0.6 is 11.3 Å². The van der Waals surface area contributed by atoms with Crippen LogP contribution in [0, 0.1) is 5.92 Å². The number of amides is 1. The minimum Gasteiger partial charge on any atom is -0.388 e. The third-order valence-electron chi connectivity index (χ3n) is 2.59. The molecule has 1 aliphatic rings. The Bertz CT molecular complexity index is 319. The maximum Gasteiger partial charge on any atom is 0.223 e. The van der Waals surface area contributed by atoms with Gasteiger partial charge in [-0.3, -0.25) is 4.79 Å². The van der Waals surface area contributed by atoms with Gasteiger partial charge in [0.15, 0.2) is 0 Å². The first-order valence-electron chi connectivity index (χ1n) is 5.25. The van der Waals surface area contributed by atoms with Crippen LogP contribution in [0.4, 0.5) is 0 Å². The van der Waals surface area contributed by atoms with E-state index in [1.165, 1.54) is 0 Å². The SMILES string of the molecule is O=C(NCC[C@@H](O)c1ccsc1)C1CC1. The van der Waals surface area contributed by atoms with Crippen LogP contribution in [-0.2, 0) is 4.79 Å². The molecule has 15 heavy (non-hydrogen) atoms. The van der Waals surface area contributed by atoms with Gasteiger partial charge in [-0.2, -0.15) is 11.3 Å². The number of rotatable bonds is 5. The molecule has 1 aliphatic carbocycles. The van der Waals surface area contributed by atoms with Crippen molar-refractivity contribution in [3.05, 3.63) is 22.4 Å². The van der Waals surface area contributed by atoms with E-state index in [0.29, 0.717) is 13.0 Å². The van der Waals surface area contributed by atoms with Gasteiger partial charge in [0, 0.05) is 12.5 Å². The summed E-state index contributed by atoms with van der Waals surface area (Å²) in [5.41, 5.74) is 0.945. The van der Waals surface area contributed by atoms with Gasteiger partial charge >= 0.3 is 0 Å². The molecule has 2 N–H and O–H groups in total. The van der Waals surface area contributed by atoms with Crippen molar-refractivity contribution in [3.63, 3.8) is 0 Å². The van der Waals surface area contributed by atoms with Gasteiger partial charge in [0.2, 0.25) is 5.91 Å². The van der Waals surface area contributed by atoms with E-state index in [9.17, 15) is 9.90 Å². The van der Waals surface area contributed by atoms with Gasteiger partial charge < -0.3 is 10.4 Å². The first-order chi connectivity index (χ1) is 7.27. The van der Waals surface area contributed by atoms with Gasteiger partial charge in [0.05, 0.1) is 6.10 Å². The van der Waals surface area contributed by atoms with Crippen molar-refractivity contribution in [2.45, 2.75) is 25.4 Å². The van der Waals surface area contributed by atoms with E-state index in [4.69, 9.17) is 0 Å². The third kappa shape index (κ3) is 3.04. The Balaban J connectivity index is 1.67. The molecule has 1 heterocycles. The summed E-state index contributed by atoms with van der Waals surface area (Å²) in [6.07, 6.45) is 2.20. The number of hydrogen-bond donors (Lipinski definition) is 2. The van der Waals surface area contributed by atoms with Gasteiger partial charge in [0.1, 0.15) is 0 Å². The van der Waals surface area contributed by atoms with Crippen molar-refractivity contribution < 1.29 is 9.90 Å². The van der Waals surface area contributed by atoms with Crippen LogP contribution in [0.3, 0.4) is 0 Å². The molecule has 0 bridgehead atoms. The second-order valence-electron chi connectivity index (χ2n) is 3.93. The molecule has 0 aliphatic heterocycles. The van der Waals surface area contributed by atoms with E-state index in [2.05, 4.69) is 5.32 Å². The monoisotopic (exact) mass is 225 g/mol. The van der Waals surface area contributed by atoms with Gasteiger partial charge in [-0.1, -0.05) is 0 Å². The summed E-state index contributed by atoms with van der Waals surface area (Å²) < 4.78 is 0. The van der Waals surface area contributed by atoms with Crippen molar-refractivity contribution in [1.29, 1.82) is 0 Å². The van der Waals surface area contributed by atoms with Gasteiger partial charge in [0.25, 0.3) is 0 Å². The molecule has 82 valence electrons. The molecule has 2 rings (SSSR count). The van der Waals surface area contributed by atoms with Crippen LogP contribution in [0.25, 0.3) is 0 Å². The van der Waals surface area contributed by atoms with E-state index in [-0.39, 0.29) is 11.8 Å². The predicted octanol–water partition coefficient (Wildman–Crippen LogP) is 1.70. The molecule has 1 amide bonds. The smallest absolute Gasteiger partial charge is 0.223 e. The summed E-state index contributed by atoms with van der Waals surface area (Å²) in [4.78, 5) is 11.3. The highest BCUT2D eigenvalue weighted by atomic mass is 32.1. The zero-order valence-corrected chi connectivity index (χ0v) is 9.30. The number of aliphatic hydroxyl groups excluding tert-OH is 1. The summed E-state index contributed by atoms with van der Waals surface area (Å²) in [7, 11) is 0. The summed E-state index contributed by atoms with van der Waals surface area (Å²) in [6.45, 7) is 0.562. The summed E-state index contributed by atoms with van der Waals surface area (Å²) >= 11 is 1.58. The molecular weight excluding hydrogens is 210 g/mol. The van der Waals surface area contributed by atoms with Crippen molar-refractivity contribution >= 4 is 17.2 Å². The average molecular weight is 225 g/mol. The standard InChI is InChI=1S/C11H15NO2S/c13-10(9-4-6-15-7-9)3-5-12-11(14)8-1-2-8/h4,6-8,10,13H,1-3,5H2,(H,12,14)/t10-/m1/s1. The van der Waals surface area contributed by atoms with E-state index < -0.39 is 6.10 Å². The van der Waals surface area contributed by atoms with E-state index in [1.807, 2.05) is 16.8 Å². The maximum absolute atomic E-state index is 11.3. The first kappa shape index (κ1) is 10.6. The summed E-state index contributed by atoms with van der Waals surface area (Å²) in [5, 5.41) is 16.5. The lowest BCUT2D eigenvalue weighted by Crippen LogP contribution is -2.26. The molecule has 1 saturated carbocycles. The molecule has 1 fully saturated rings.